The third kappa shape index (κ3) is 6.10. The van der Waals surface area contributed by atoms with Gasteiger partial charge in [-0.05, 0) is 49.2 Å². The number of benzene rings is 2. The van der Waals surface area contributed by atoms with Crippen LogP contribution in [0.15, 0.2) is 53.5 Å². The van der Waals surface area contributed by atoms with Crippen molar-refractivity contribution < 1.29 is 28.8 Å². The highest BCUT2D eigenvalue weighted by Gasteiger charge is 2.54. The number of rotatable bonds is 9. The van der Waals surface area contributed by atoms with Gasteiger partial charge in [0.15, 0.2) is 5.17 Å². The lowest BCUT2D eigenvalue weighted by Crippen LogP contribution is -2.65. The van der Waals surface area contributed by atoms with Crippen molar-refractivity contribution in [1.29, 1.82) is 0 Å². The Bertz CT molecular complexity index is 992. The quantitative estimate of drug-likeness (QED) is 0.540. The van der Waals surface area contributed by atoms with E-state index >= 15 is 0 Å². The Morgan fingerprint density at radius 1 is 0.914 bits per heavy atom. The summed E-state index contributed by atoms with van der Waals surface area (Å²) in [6.45, 7) is 4.20. The van der Waals surface area contributed by atoms with E-state index in [0.717, 1.165) is 27.8 Å². The van der Waals surface area contributed by atoms with Gasteiger partial charge < -0.3 is 34.1 Å². The molecule has 2 aromatic rings. The fraction of sp³-hybridized carbons (Fsp3) is 0.500. The van der Waals surface area contributed by atoms with Crippen molar-refractivity contribution in [1.82, 2.24) is 5.32 Å². The maximum absolute atomic E-state index is 11.0. The topological polar surface area (TPSA) is 90.8 Å². The van der Waals surface area contributed by atoms with Gasteiger partial charge in [-0.25, -0.2) is 0 Å². The third-order valence-electron chi connectivity index (χ3n) is 6.17. The van der Waals surface area contributed by atoms with Crippen molar-refractivity contribution in [3.8, 4) is 11.5 Å². The fourth-order valence-corrected chi connectivity index (χ4v) is 5.35. The van der Waals surface area contributed by atoms with E-state index in [1.165, 1.54) is 11.8 Å². The van der Waals surface area contributed by atoms with E-state index in [4.69, 9.17) is 23.7 Å². The standard InChI is InChI=1S/C26H34N2O6S/c1-26(2,29)23-22(33-15-17-8-12-19(31-5)13-9-17)21(20-24(34-23)35-25(27-3)28-20)32-14-16-6-10-18(30-4)11-7-16/h6-13,20-24,29H,14-15H2,1-5H3,(H,27,28)/t20-,21-,22?,23+,24-/m1/s1. The van der Waals surface area contributed by atoms with Crippen LogP contribution in [0.3, 0.4) is 0 Å². The third-order valence-corrected chi connectivity index (χ3v) is 7.33. The largest absolute Gasteiger partial charge is 0.497 e. The summed E-state index contributed by atoms with van der Waals surface area (Å²) >= 11 is 1.50. The van der Waals surface area contributed by atoms with Crippen LogP contribution in [0.2, 0.25) is 0 Å². The summed E-state index contributed by atoms with van der Waals surface area (Å²) in [5, 5.41) is 15.2. The van der Waals surface area contributed by atoms with Crippen molar-refractivity contribution in [3.05, 3.63) is 59.7 Å². The zero-order valence-corrected chi connectivity index (χ0v) is 21.6. The Balaban J connectivity index is 1.58. The molecule has 0 spiro atoms. The predicted octanol–water partition coefficient (Wildman–Crippen LogP) is 3.36. The van der Waals surface area contributed by atoms with Gasteiger partial charge in [-0.2, -0.15) is 0 Å². The first kappa shape index (κ1) is 25.8. The molecule has 0 aromatic heterocycles. The number of aliphatic imine (C=N–C) groups is 1. The number of amidine groups is 1. The van der Waals surface area contributed by atoms with Crippen LogP contribution in [0, 0.1) is 0 Å². The molecule has 2 aliphatic heterocycles. The molecule has 8 nitrogen and oxygen atoms in total. The van der Waals surface area contributed by atoms with Crippen LogP contribution in [0.5, 0.6) is 11.5 Å². The Kier molecular flexibility index (Phi) is 8.23. The van der Waals surface area contributed by atoms with Crippen LogP contribution in [0.1, 0.15) is 25.0 Å². The summed E-state index contributed by atoms with van der Waals surface area (Å²) in [4.78, 5) is 4.31. The van der Waals surface area contributed by atoms with Crippen LogP contribution >= 0.6 is 11.8 Å². The van der Waals surface area contributed by atoms with Gasteiger partial charge >= 0.3 is 0 Å². The molecule has 4 rings (SSSR count). The predicted molar refractivity (Wildman–Crippen MR) is 136 cm³/mol. The van der Waals surface area contributed by atoms with Crippen molar-refractivity contribution in [2.24, 2.45) is 4.99 Å². The van der Waals surface area contributed by atoms with E-state index in [1.54, 1.807) is 35.1 Å². The molecular formula is C26H34N2O6S. The minimum atomic E-state index is -1.15. The number of fused-ring (bicyclic) bond motifs is 1. The van der Waals surface area contributed by atoms with Crippen LogP contribution in [-0.4, -0.2) is 66.9 Å². The van der Waals surface area contributed by atoms with E-state index in [2.05, 4.69) is 10.3 Å². The van der Waals surface area contributed by atoms with Crippen molar-refractivity contribution in [3.63, 3.8) is 0 Å². The number of methoxy groups -OCH3 is 2. The van der Waals surface area contributed by atoms with Gasteiger partial charge in [0, 0.05) is 7.05 Å². The lowest BCUT2D eigenvalue weighted by molar-refractivity contribution is -0.239. The number of nitrogens with zero attached hydrogens (tertiary/aromatic N) is 1. The maximum atomic E-state index is 11.0. The van der Waals surface area contributed by atoms with Gasteiger partial charge in [0.05, 0.1) is 39.1 Å². The van der Waals surface area contributed by atoms with Gasteiger partial charge in [-0.3, -0.25) is 4.99 Å². The number of hydrogen-bond donors (Lipinski definition) is 2. The highest BCUT2D eigenvalue weighted by molar-refractivity contribution is 8.14. The molecule has 2 saturated heterocycles. The second-order valence-electron chi connectivity index (χ2n) is 9.14. The van der Waals surface area contributed by atoms with E-state index in [9.17, 15) is 5.11 Å². The molecule has 0 saturated carbocycles. The summed E-state index contributed by atoms with van der Waals surface area (Å²) in [6.07, 6.45) is -1.52. The number of nitrogens with one attached hydrogen (secondary N) is 1. The first-order valence-electron chi connectivity index (χ1n) is 11.6. The molecule has 190 valence electrons. The number of aliphatic hydroxyl groups is 1. The smallest absolute Gasteiger partial charge is 0.159 e. The molecule has 2 fully saturated rings. The molecule has 0 radical (unpaired) electrons. The summed E-state index contributed by atoms with van der Waals surface area (Å²) in [7, 11) is 5.02. The fourth-order valence-electron chi connectivity index (χ4n) is 4.27. The molecule has 9 heteroatoms. The molecular weight excluding hydrogens is 468 g/mol. The van der Waals surface area contributed by atoms with E-state index < -0.39 is 23.9 Å². The molecule has 2 aromatic carbocycles. The second kappa shape index (κ2) is 11.2. The van der Waals surface area contributed by atoms with E-state index in [0.29, 0.717) is 13.2 Å². The average molecular weight is 503 g/mol. The summed E-state index contributed by atoms with van der Waals surface area (Å²) in [5.41, 5.74) is 0.592. The van der Waals surface area contributed by atoms with Crippen LogP contribution < -0.4 is 14.8 Å². The molecule has 0 bridgehead atoms. The average Bonchev–Trinajstić information content (AvgIpc) is 3.29. The Morgan fingerprint density at radius 3 is 1.89 bits per heavy atom. The highest BCUT2D eigenvalue weighted by atomic mass is 32.2. The van der Waals surface area contributed by atoms with Gasteiger partial charge in [0.25, 0.3) is 0 Å². The molecule has 0 amide bonds. The van der Waals surface area contributed by atoms with Crippen molar-refractivity contribution in [2.45, 2.75) is 62.5 Å². The zero-order valence-electron chi connectivity index (χ0n) is 20.8. The molecule has 2 N–H and O–H groups in total. The van der Waals surface area contributed by atoms with E-state index in [-0.39, 0.29) is 11.5 Å². The second-order valence-corrected chi connectivity index (χ2v) is 10.2. The number of ether oxygens (including phenoxy) is 5. The van der Waals surface area contributed by atoms with Crippen LogP contribution in [-0.2, 0) is 27.4 Å². The molecule has 1 unspecified atom stereocenters. The summed E-state index contributed by atoms with van der Waals surface area (Å²) in [6, 6.07) is 15.3. The first-order chi connectivity index (χ1) is 16.8. The Morgan fingerprint density at radius 2 is 1.43 bits per heavy atom. The summed E-state index contributed by atoms with van der Waals surface area (Å²) in [5.74, 6) is 1.58. The monoisotopic (exact) mass is 502 g/mol. The lowest BCUT2D eigenvalue weighted by Gasteiger charge is -2.47. The van der Waals surface area contributed by atoms with E-state index in [1.807, 2.05) is 48.5 Å². The van der Waals surface area contributed by atoms with Crippen LogP contribution in [0.25, 0.3) is 0 Å². The van der Waals surface area contributed by atoms with Gasteiger partial charge in [0.1, 0.15) is 35.2 Å². The number of thioether (sulfide) groups is 1. The molecule has 0 aliphatic carbocycles. The minimum Gasteiger partial charge on any atom is -0.497 e. The maximum Gasteiger partial charge on any atom is 0.159 e. The highest BCUT2D eigenvalue weighted by Crippen LogP contribution is 2.40. The van der Waals surface area contributed by atoms with Crippen molar-refractivity contribution >= 4 is 16.9 Å². The molecule has 2 aliphatic rings. The molecule has 35 heavy (non-hydrogen) atoms. The zero-order chi connectivity index (χ0) is 25.0. The number of hydrogen-bond acceptors (Lipinski definition) is 8. The van der Waals surface area contributed by atoms with Crippen LogP contribution in [0.4, 0.5) is 0 Å². The molecule has 5 atom stereocenters. The molecule has 2 heterocycles. The Hall–Kier alpha value is -2.30. The summed E-state index contributed by atoms with van der Waals surface area (Å²) < 4.78 is 29.8. The van der Waals surface area contributed by atoms with Gasteiger partial charge in [0.2, 0.25) is 0 Å². The van der Waals surface area contributed by atoms with Gasteiger partial charge in [-0.1, -0.05) is 36.0 Å². The first-order valence-corrected chi connectivity index (χ1v) is 12.5. The van der Waals surface area contributed by atoms with Crippen molar-refractivity contribution in [2.75, 3.05) is 21.3 Å². The SMILES string of the molecule is CN=C1N[C@H]2[C@H](O[C@H](C(C)(C)O)C(OCc3ccc(OC)cc3)[C@@H]2OCc2ccc(OC)cc2)S1. The minimum absolute atomic E-state index is 0.184. The van der Waals surface area contributed by atoms with Gasteiger partial charge in [-0.15, -0.1) is 0 Å². The normalized spacial score (nSPS) is 27.4. The lowest BCUT2D eigenvalue weighted by atomic mass is 9.88. The Labute approximate surface area is 211 Å².